The van der Waals surface area contributed by atoms with Crippen LogP contribution in [0, 0.1) is 0 Å². The van der Waals surface area contributed by atoms with Gasteiger partial charge in [-0.3, -0.25) is 4.79 Å². The number of hydrogen-bond donors (Lipinski definition) is 5. The largest absolute Gasteiger partial charge is 0.414 e. The predicted octanol–water partition coefficient (Wildman–Crippen LogP) is 2.26. The summed E-state index contributed by atoms with van der Waals surface area (Å²) in [6.07, 6.45) is 2.12. The number of ether oxygens (including phenoxy) is 1. The van der Waals surface area contributed by atoms with Crippen LogP contribution >= 0.6 is 0 Å². The Labute approximate surface area is 203 Å². The maximum Gasteiger partial charge on any atom is 0.414 e. The maximum atomic E-state index is 12.8. The molecule has 0 bridgehead atoms. The number of carbonyl (C=O) groups excluding carboxylic acids is 3. The van der Waals surface area contributed by atoms with Crippen LogP contribution in [0.15, 0.2) is 60.8 Å². The molecule has 2 aromatic carbocycles. The summed E-state index contributed by atoms with van der Waals surface area (Å²) < 4.78 is 4.83. The van der Waals surface area contributed by atoms with Gasteiger partial charge in [0.15, 0.2) is 0 Å². The summed E-state index contributed by atoms with van der Waals surface area (Å²) in [5.41, 5.74) is 2.42. The van der Waals surface area contributed by atoms with Crippen LogP contribution in [0.2, 0.25) is 0 Å². The molecule has 5 N–H and O–H groups in total. The first-order chi connectivity index (χ1) is 17.0. The normalized spacial score (nSPS) is 17.0. The molecule has 1 fully saturated rings. The maximum absolute atomic E-state index is 12.8. The molecule has 1 aromatic heterocycles. The smallest absolute Gasteiger partial charge is 0.391 e. The summed E-state index contributed by atoms with van der Waals surface area (Å²) in [5.74, 6) is -0.899. The molecule has 1 aliphatic heterocycles. The van der Waals surface area contributed by atoms with Crippen molar-refractivity contribution in [2.75, 3.05) is 13.1 Å². The molecule has 0 radical (unpaired) electrons. The van der Waals surface area contributed by atoms with E-state index in [0.29, 0.717) is 18.4 Å². The summed E-state index contributed by atoms with van der Waals surface area (Å²) in [7, 11) is 0. The Kier molecular flexibility index (Phi) is 8.12. The number of carbonyl (C=O) groups is 3. The molecule has 35 heavy (non-hydrogen) atoms. The van der Waals surface area contributed by atoms with Crippen LogP contribution in [0.5, 0.6) is 0 Å². The zero-order valence-electron chi connectivity index (χ0n) is 19.3. The van der Waals surface area contributed by atoms with Crippen LogP contribution in [0.4, 0.5) is 4.79 Å². The number of para-hydroxylation sites is 1. The van der Waals surface area contributed by atoms with Crippen molar-refractivity contribution >= 4 is 28.9 Å². The third kappa shape index (κ3) is 6.46. The van der Waals surface area contributed by atoms with Crippen molar-refractivity contribution in [2.24, 2.45) is 0 Å². The first-order valence-electron chi connectivity index (χ1n) is 11.8. The van der Waals surface area contributed by atoms with Crippen molar-refractivity contribution in [1.29, 1.82) is 0 Å². The van der Waals surface area contributed by atoms with E-state index >= 15 is 0 Å². The number of aliphatic hydroxyl groups is 1. The molecule has 2 heterocycles. The number of aromatic nitrogens is 1. The zero-order valence-corrected chi connectivity index (χ0v) is 19.3. The third-order valence-corrected chi connectivity index (χ3v) is 6.18. The molecule has 1 aliphatic rings. The summed E-state index contributed by atoms with van der Waals surface area (Å²) in [6.45, 7) is 0.803. The highest BCUT2D eigenvalue weighted by Crippen LogP contribution is 2.20. The van der Waals surface area contributed by atoms with E-state index in [1.807, 2.05) is 36.5 Å². The molecule has 3 atom stereocenters. The second-order valence-corrected chi connectivity index (χ2v) is 8.65. The fourth-order valence-electron chi connectivity index (χ4n) is 4.27. The van der Waals surface area contributed by atoms with Crippen molar-refractivity contribution in [3.63, 3.8) is 0 Å². The predicted molar refractivity (Wildman–Crippen MR) is 131 cm³/mol. The highest BCUT2D eigenvalue weighted by Gasteiger charge is 2.26. The average Bonchev–Trinajstić information content (AvgIpc) is 3.55. The minimum atomic E-state index is -0.955. The average molecular weight is 479 g/mol. The van der Waals surface area contributed by atoms with Crippen molar-refractivity contribution in [3.8, 4) is 0 Å². The molecule has 4 rings (SSSR count). The molecule has 0 saturated carbocycles. The van der Waals surface area contributed by atoms with E-state index in [1.165, 1.54) is 0 Å². The molecule has 9 heteroatoms. The summed E-state index contributed by atoms with van der Waals surface area (Å²) in [5, 5.41) is 20.4. The van der Waals surface area contributed by atoms with Crippen LogP contribution in [0.25, 0.3) is 10.9 Å². The molecule has 184 valence electrons. The number of nitrogens with one attached hydrogen (secondary N) is 4. The Bertz CT molecular complexity index is 1160. The number of fused-ring (bicyclic) bond motifs is 1. The molecule has 0 spiro atoms. The van der Waals surface area contributed by atoms with Gasteiger partial charge in [0.1, 0.15) is 6.04 Å². The van der Waals surface area contributed by atoms with Gasteiger partial charge >= 0.3 is 12.1 Å². The Balaban J connectivity index is 1.37. The van der Waals surface area contributed by atoms with E-state index < -0.39 is 30.3 Å². The highest BCUT2D eigenvalue weighted by molar-refractivity contribution is 5.94. The molecule has 3 aromatic rings. The molecule has 0 aliphatic carbocycles. The van der Waals surface area contributed by atoms with Gasteiger partial charge in [-0.05, 0) is 56.0 Å². The first kappa shape index (κ1) is 24.4. The van der Waals surface area contributed by atoms with Gasteiger partial charge in [-0.2, -0.15) is 0 Å². The Hall–Kier alpha value is -3.69. The minimum absolute atomic E-state index is 0.0803. The Morgan fingerprint density at radius 1 is 1.09 bits per heavy atom. The Morgan fingerprint density at radius 3 is 2.63 bits per heavy atom. The van der Waals surface area contributed by atoms with E-state index in [9.17, 15) is 19.5 Å². The lowest BCUT2D eigenvalue weighted by Crippen LogP contribution is -2.46. The van der Waals surface area contributed by atoms with Gasteiger partial charge in [-0.15, -0.1) is 0 Å². The van der Waals surface area contributed by atoms with Gasteiger partial charge in [0, 0.05) is 29.2 Å². The molecular formula is C26H30N4O5. The van der Waals surface area contributed by atoms with E-state index in [4.69, 9.17) is 4.74 Å². The number of H-pyrrole nitrogens is 1. The summed E-state index contributed by atoms with van der Waals surface area (Å²) in [6, 6.07) is 15.5. The van der Waals surface area contributed by atoms with Crippen LogP contribution in [0.3, 0.4) is 0 Å². The van der Waals surface area contributed by atoms with Gasteiger partial charge in [0.2, 0.25) is 0 Å². The summed E-state index contributed by atoms with van der Waals surface area (Å²) >= 11 is 0. The number of rotatable bonds is 9. The lowest BCUT2D eigenvalue weighted by Gasteiger charge is -2.24. The zero-order chi connectivity index (χ0) is 24.6. The molecular weight excluding hydrogens is 448 g/mol. The number of benzene rings is 2. The number of aliphatic hydroxyl groups excluding tert-OH is 1. The minimum Gasteiger partial charge on any atom is -0.391 e. The van der Waals surface area contributed by atoms with Crippen molar-refractivity contribution in [2.45, 2.75) is 43.9 Å². The quantitative estimate of drug-likeness (QED) is 0.237. The van der Waals surface area contributed by atoms with Crippen LogP contribution in [0.1, 0.15) is 35.2 Å². The van der Waals surface area contributed by atoms with Crippen LogP contribution in [-0.4, -0.2) is 59.3 Å². The number of amides is 2. The van der Waals surface area contributed by atoms with E-state index in [2.05, 4.69) is 20.9 Å². The van der Waals surface area contributed by atoms with Crippen molar-refractivity contribution < 1.29 is 24.2 Å². The lowest BCUT2D eigenvalue weighted by molar-refractivity contribution is -0.139. The van der Waals surface area contributed by atoms with Crippen LogP contribution in [-0.2, 0) is 16.0 Å². The topological polar surface area (TPSA) is 133 Å². The van der Waals surface area contributed by atoms with Gasteiger partial charge in [0.05, 0.1) is 12.1 Å². The summed E-state index contributed by atoms with van der Waals surface area (Å²) in [4.78, 5) is 40.0. The second kappa shape index (κ2) is 11.6. The van der Waals surface area contributed by atoms with Crippen molar-refractivity contribution in [3.05, 3.63) is 71.9 Å². The fraction of sp³-hybridized carbons (Fsp3) is 0.346. The fourth-order valence-corrected chi connectivity index (χ4v) is 4.27. The molecule has 2 amide bonds. The van der Waals surface area contributed by atoms with Gasteiger partial charge in [-0.1, -0.05) is 36.4 Å². The van der Waals surface area contributed by atoms with Gasteiger partial charge in [-0.25, -0.2) is 9.59 Å². The SMILES string of the molecule is O=C(NCCC(O)C(Cc1c[nH]c2ccccc12)NC(=O)c1ccccc1)OC(=O)[C@@H]1CCCN1. The van der Waals surface area contributed by atoms with E-state index in [1.54, 1.807) is 24.3 Å². The number of alkyl carbamates (subject to hydrolysis) is 1. The third-order valence-electron chi connectivity index (χ3n) is 6.18. The lowest BCUT2D eigenvalue weighted by atomic mass is 9.98. The van der Waals surface area contributed by atoms with Crippen molar-refractivity contribution in [1.82, 2.24) is 20.9 Å². The number of hydrogen-bond acceptors (Lipinski definition) is 6. The molecule has 9 nitrogen and oxygen atoms in total. The van der Waals surface area contributed by atoms with E-state index in [0.717, 1.165) is 29.4 Å². The second-order valence-electron chi connectivity index (χ2n) is 8.65. The number of aromatic amines is 1. The van der Waals surface area contributed by atoms with Crippen LogP contribution < -0.4 is 16.0 Å². The molecule has 2 unspecified atom stereocenters. The standard InChI is InChI=1S/C26H30N4O5/c31-23(12-14-28-26(34)35-25(33)21-11-6-13-27-21)22(30-24(32)17-7-2-1-3-8-17)15-18-16-29-20-10-5-4-9-19(18)20/h1-5,7-10,16,21-23,27,29,31H,6,11-15H2,(H,28,34)(H,30,32)/t21-,22?,23?/m0/s1. The van der Waals surface area contributed by atoms with Gasteiger partial charge < -0.3 is 30.8 Å². The highest BCUT2D eigenvalue weighted by atomic mass is 16.6. The van der Waals surface area contributed by atoms with Gasteiger partial charge in [0.25, 0.3) is 5.91 Å². The Morgan fingerprint density at radius 2 is 1.86 bits per heavy atom. The first-order valence-corrected chi connectivity index (χ1v) is 11.8. The monoisotopic (exact) mass is 478 g/mol. The number of esters is 1. The van der Waals surface area contributed by atoms with E-state index in [-0.39, 0.29) is 18.9 Å². The molecule has 1 saturated heterocycles.